The topological polar surface area (TPSA) is 0 Å². The van der Waals surface area contributed by atoms with E-state index in [0.29, 0.717) is 0 Å². The molecule has 0 N–H and O–H groups in total. The van der Waals surface area contributed by atoms with E-state index in [-0.39, 0.29) is 0 Å². The van der Waals surface area contributed by atoms with Crippen LogP contribution in [0.5, 0.6) is 0 Å². The Morgan fingerprint density at radius 3 is 2.75 bits per heavy atom. The SMILES string of the molecule is [C]1=C/CC/C=C/C/C=C\C=C\C/1. The largest absolute Gasteiger partial charge is 0.0879 e. The van der Waals surface area contributed by atoms with Gasteiger partial charge in [-0.25, -0.2) is 0 Å². The van der Waals surface area contributed by atoms with E-state index in [9.17, 15) is 0 Å². The van der Waals surface area contributed by atoms with E-state index in [2.05, 4.69) is 48.6 Å². The molecule has 63 valence electrons. The van der Waals surface area contributed by atoms with Gasteiger partial charge in [0.1, 0.15) is 0 Å². The lowest BCUT2D eigenvalue weighted by Crippen LogP contribution is -1.68. The van der Waals surface area contributed by atoms with Crippen LogP contribution in [0.2, 0.25) is 0 Å². The molecule has 0 aromatic rings. The zero-order valence-corrected chi connectivity index (χ0v) is 7.37. The van der Waals surface area contributed by atoms with Gasteiger partial charge < -0.3 is 0 Å². The highest BCUT2D eigenvalue weighted by molar-refractivity contribution is 5.06. The molecular formula is C12H15. The van der Waals surface area contributed by atoms with Crippen LogP contribution >= 0.6 is 0 Å². The smallest absolute Gasteiger partial charge is 0.00948 e. The summed E-state index contributed by atoms with van der Waals surface area (Å²) in [7, 11) is 0. The van der Waals surface area contributed by atoms with Crippen LogP contribution in [0.25, 0.3) is 0 Å². The van der Waals surface area contributed by atoms with Crippen molar-refractivity contribution in [2.24, 2.45) is 0 Å². The van der Waals surface area contributed by atoms with Crippen molar-refractivity contribution >= 4 is 0 Å². The van der Waals surface area contributed by atoms with Gasteiger partial charge in [0, 0.05) is 0 Å². The second-order valence-electron chi connectivity index (χ2n) is 2.75. The molecular weight excluding hydrogens is 144 g/mol. The first kappa shape index (κ1) is 9.05. The number of hydrogen-bond acceptors (Lipinski definition) is 0. The molecule has 0 saturated carbocycles. The summed E-state index contributed by atoms with van der Waals surface area (Å²) in [6.07, 6.45) is 22.5. The molecule has 0 unspecified atom stereocenters. The third-order valence-corrected chi connectivity index (χ3v) is 1.68. The molecule has 1 radical (unpaired) electrons. The summed E-state index contributed by atoms with van der Waals surface area (Å²) in [5.74, 6) is 0. The molecule has 0 heterocycles. The first-order chi connectivity index (χ1) is 6.00. The van der Waals surface area contributed by atoms with Crippen molar-refractivity contribution in [2.75, 3.05) is 0 Å². The van der Waals surface area contributed by atoms with E-state index in [1.807, 2.05) is 0 Å². The van der Waals surface area contributed by atoms with Gasteiger partial charge in [-0.05, 0) is 31.8 Å². The van der Waals surface area contributed by atoms with Crippen LogP contribution in [0.4, 0.5) is 0 Å². The molecule has 0 fully saturated rings. The molecule has 0 amide bonds. The first-order valence-corrected chi connectivity index (χ1v) is 4.52. The lowest BCUT2D eigenvalue weighted by molar-refractivity contribution is 1.03. The Bertz CT molecular complexity index is 180. The van der Waals surface area contributed by atoms with E-state index in [4.69, 9.17) is 0 Å². The minimum atomic E-state index is 0.939. The van der Waals surface area contributed by atoms with Gasteiger partial charge >= 0.3 is 0 Å². The predicted molar refractivity (Wildman–Crippen MR) is 53.7 cm³/mol. The summed E-state index contributed by atoms with van der Waals surface area (Å²) >= 11 is 0. The normalized spacial score (nSPS) is 29.3. The quantitative estimate of drug-likeness (QED) is 0.474. The second-order valence-corrected chi connectivity index (χ2v) is 2.75. The standard InChI is InChI=1S/C12H15/c1-2-4-6-8-10-12-11-9-7-5-3-1/h1-4,7,9-10H,5-6,11-12H2/b3-1-,4-2+,9-7+,10-8?. The van der Waals surface area contributed by atoms with Gasteiger partial charge in [0.2, 0.25) is 0 Å². The van der Waals surface area contributed by atoms with Gasteiger partial charge in [-0.1, -0.05) is 42.5 Å². The van der Waals surface area contributed by atoms with Crippen molar-refractivity contribution in [1.82, 2.24) is 0 Å². The average Bonchev–Trinajstić information content (AvgIpc) is 2.05. The molecule has 0 aliphatic heterocycles. The van der Waals surface area contributed by atoms with E-state index < -0.39 is 0 Å². The number of rotatable bonds is 0. The molecule has 1 aliphatic carbocycles. The highest BCUT2D eigenvalue weighted by Gasteiger charge is 1.78. The Morgan fingerprint density at radius 2 is 1.75 bits per heavy atom. The van der Waals surface area contributed by atoms with Crippen LogP contribution in [0.15, 0.2) is 42.5 Å². The maximum Gasteiger partial charge on any atom is -0.00948 e. The summed E-state index contributed by atoms with van der Waals surface area (Å²) < 4.78 is 0. The van der Waals surface area contributed by atoms with Gasteiger partial charge in [-0.15, -0.1) is 0 Å². The van der Waals surface area contributed by atoms with Gasteiger partial charge in [-0.2, -0.15) is 0 Å². The van der Waals surface area contributed by atoms with Crippen molar-refractivity contribution in [3.8, 4) is 0 Å². The lowest BCUT2D eigenvalue weighted by Gasteiger charge is -1.87. The molecule has 0 heteroatoms. The summed E-state index contributed by atoms with van der Waals surface area (Å²) in [5, 5.41) is 0. The number of allylic oxidation sites excluding steroid dienone is 8. The van der Waals surface area contributed by atoms with Crippen molar-refractivity contribution in [1.29, 1.82) is 0 Å². The van der Waals surface area contributed by atoms with E-state index in [1.165, 1.54) is 0 Å². The van der Waals surface area contributed by atoms with Crippen LogP contribution in [0.1, 0.15) is 25.7 Å². The van der Waals surface area contributed by atoms with E-state index >= 15 is 0 Å². The maximum atomic E-state index is 3.22. The minimum Gasteiger partial charge on any atom is -0.0879 e. The summed E-state index contributed by atoms with van der Waals surface area (Å²) in [5.41, 5.74) is 0. The van der Waals surface area contributed by atoms with Crippen molar-refractivity contribution in [3.05, 3.63) is 48.6 Å². The Balaban J connectivity index is 2.41. The van der Waals surface area contributed by atoms with Crippen LogP contribution in [-0.2, 0) is 0 Å². The summed E-state index contributed by atoms with van der Waals surface area (Å²) in [6, 6.07) is 0. The van der Waals surface area contributed by atoms with E-state index in [1.54, 1.807) is 0 Å². The van der Waals surface area contributed by atoms with Crippen molar-refractivity contribution in [3.63, 3.8) is 0 Å². The second kappa shape index (κ2) is 6.66. The molecule has 0 aromatic carbocycles. The zero-order chi connectivity index (χ0) is 8.49. The minimum absolute atomic E-state index is 0.939. The fourth-order valence-electron chi connectivity index (χ4n) is 1.03. The lowest BCUT2D eigenvalue weighted by atomic mass is 10.2. The Hall–Kier alpha value is -1.04. The molecule has 0 aromatic heterocycles. The fourth-order valence-corrected chi connectivity index (χ4v) is 1.03. The van der Waals surface area contributed by atoms with Crippen LogP contribution < -0.4 is 0 Å². The average molecular weight is 159 g/mol. The van der Waals surface area contributed by atoms with Crippen LogP contribution in [0.3, 0.4) is 0 Å². The zero-order valence-electron chi connectivity index (χ0n) is 7.37. The third kappa shape index (κ3) is 4.73. The first-order valence-electron chi connectivity index (χ1n) is 4.52. The molecule has 0 spiro atoms. The van der Waals surface area contributed by atoms with Crippen molar-refractivity contribution in [2.45, 2.75) is 25.7 Å². The Labute approximate surface area is 75.0 Å². The Morgan fingerprint density at radius 1 is 0.833 bits per heavy atom. The van der Waals surface area contributed by atoms with Crippen LogP contribution in [-0.4, -0.2) is 0 Å². The van der Waals surface area contributed by atoms with Crippen molar-refractivity contribution < 1.29 is 0 Å². The molecule has 1 rings (SSSR count). The third-order valence-electron chi connectivity index (χ3n) is 1.68. The maximum absolute atomic E-state index is 3.22. The van der Waals surface area contributed by atoms with Gasteiger partial charge in [-0.3, -0.25) is 0 Å². The number of hydrogen-bond donors (Lipinski definition) is 0. The molecule has 0 saturated heterocycles. The Kier molecular flexibility index (Phi) is 5.02. The van der Waals surface area contributed by atoms with E-state index in [0.717, 1.165) is 25.7 Å². The highest BCUT2D eigenvalue weighted by Crippen LogP contribution is 1.98. The molecule has 0 nitrogen and oxygen atoms in total. The predicted octanol–water partition coefficient (Wildman–Crippen LogP) is 3.59. The molecule has 12 heavy (non-hydrogen) atoms. The summed E-state index contributed by atoms with van der Waals surface area (Å²) in [6.45, 7) is 0. The molecule has 0 bridgehead atoms. The highest BCUT2D eigenvalue weighted by atomic mass is 13.8. The molecule has 0 atom stereocenters. The van der Waals surface area contributed by atoms with Gasteiger partial charge in [0.05, 0.1) is 0 Å². The summed E-state index contributed by atoms with van der Waals surface area (Å²) in [4.78, 5) is 0. The molecule has 1 aliphatic rings. The van der Waals surface area contributed by atoms with Crippen LogP contribution in [0, 0.1) is 6.08 Å². The fraction of sp³-hybridized carbons (Fsp3) is 0.333. The van der Waals surface area contributed by atoms with Gasteiger partial charge in [0.15, 0.2) is 0 Å². The van der Waals surface area contributed by atoms with Gasteiger partial charge in [0.25, 0.3) is 0 Å². The monoisotopic (exact) mass is 159 g/mol.